The van der Waals surface area contributed by atoms with Crippen molar-refractivity contribution in [2.45, 2.75) is 31.4 Å². The van der Waals surface area contributed by atoms with Crippen molar-refractivity contribution in [1.29, 1.82) is 0 Å². The first-order chi connectivity index (χ1) is 6.88. The zero-order valence-corrected chi connectivity index (χ0v) is 10.5. The first kappa shape index (κ1) is 11.3. The van der Waals surface area contributed by atoms with Crippen molar-refractivity contribution in [3.63, 3.8) is 0 Å². The second-order valence-corrected chi connectivity index (χ2v) is 5.91. The van der Waals surface area contributed by atoms with Gasteiger partial charge in [0.15, 0.2) is 0 Å². The summed E-state index contributed by atoms with van der Waals surface area (Å²) in [4.78, 5) is 0. The second-order valence-electron chi connectivity index (χ2n) is 3.75. The molecule has 1 unspecified atom stereocenters. The smallest absolute Gasteiger partial charge is 0.0334 e. The lowest BCUT2D eigenvalue weighted by Crippen LogP contribution is -2.04. The van der Waals surface area contributed by atoms with Gasteiger partial charge in [0.1, 0.15) is 0 Å². The molecule has 1 heteroatoms. The van der Waals surface area contributed by atoms with Crippen LogP contribution in [-0.4, -0.2) is 9.52 Å². The Labute approximate surface area is 89.9 Å². The molecule has 0 fully saturated rings. The monoisotopic (exact) mass is 204 g/mol. The van der Waals surface area contributed by atoms with Crippen LogP contribution in [0.25, 0.3) is 0 Å². The summed E-state index contributed by atoms with van der Waals surface area (Å²) in [5.41, 5.74) is 2.15. The van der Waals surface area contributed by atoms with E-state index in [2.05, 4.69) is 49.9 Å². The van der Waals surface area contributed by atoms with Crippen molar-refractivity contribution >= 4 is 9.52 Å². The lowest BCUT2D eigenvalue weighted by atomic mass is 10.1. The van der Waals surface area contributed by atoms with Crippen molar-refractivity contribution in [3.05, 3.63) is 48.6 Å². The highest BCUT2D eigenvalue weighted by Crippen LogP contribution is 2.17. The van der Waals surface area contributed by atoms with Crippen molar-refractivity contribution < 1.29 is 0 Å². The SMILES string of the molecule is C=CC([SiH2]CCCC)c1ccccc1. The van der Waals surface area contributed by atoms with Crippen LogP contribution in [-0.2, 0) is 0 Å². The number of allylic oxidation sites excluding steroid dienone is 1. The van der Waals surface area contributed by atoms with Gasteiger partial charge in [-0.25, -0.2) is 0 Å². The molecule has 0 aliphatic carbocycles. The summed E-state index contributed by atoms with van der Waals surface area (Å²) in [5, 5.41) is 0. The molecule has 1 rings (SSSR count). The fourth-order valence-electron chi connectivity index (χ4n) is 1.74. The maximum Gasteiger partial charge on any atom is 0.0334 e. The quantitative estimate of drug-likeness (QED) is 0.379. The Morgan fingerprint density at radius 2 is 2.07 bits per heavy atom. The van der Waals surface area contributed by atoms with Crippen LogP contribution < -0.4 is 0 Å². The van der Waals surface area contributed by atoms with E-state index >= 15 is 0 Å². The topological polar surface area (TPSA) is 0 Å². The van der Waals surface area contributed by atoms with Crippen LogP contribution in [0.3, 0.4) is 0 Å². The highest BCUT2D eigenvalue weighted by Gasteiger charge is 2.06. The summed E-state index contributed by atoms with van der Waals surface area (Å²) in [6.07, 6.45) is 4.85. The van der Waals surface area contributed by atoms with Crippen LogP contribution in [0.4, 0.5) is 0 Å². The number of hydrogen-bond donors (Lipinski definition) is 0. The highest BCUT2D eigenvalue weighted by molar-refractivity contribution is 6.38. The first-order valence-electron chi connectivity index (χ1n) is 5.56. The van der Waals surface area contributed by atoms with E-state index in [4.69, 9.17) is 0 Å². The third-order valence-electron chi connectivity index (χ3n) is 2.63. The fraction of sp³-hybridized carbons (Fsp3) is 0.385. The van der Waals surface area contributed by atoms with E-state index in [1.165, 1.54) is 24.4 Å². The minimum absolute atomic E-state index is 0.00205. The Balaban J connectivity index is 2.50. The summed E-state index contributed by atoms with van der Waals surface area (Å²) >= 11 is 0. The molecule has 0 nitrogen and oxygen atoms in total. The van der Waals surface area contributed by atoms with Crippen LogP contribution in [0.2, 0.25) is 6.04 Å². The zero-order chi connectivity index (χ0) is 10.2. The fourth-order valence-corrected chi connectivity index (χ4v) is 3.80. The molecule has 0 radical (unpaired) electrons. The van der Waals surface area contributed by atoms with E-state index in [0.717, 1.165) is 0 Å². The molecule has 0 aliphatic heterocycles. The molecule has 1 aromatic rings. The van der Waals surface area contributed by atoms with E-state index in [9.17, 15) is 0 Å². The van der Waals surface area contributed by atoms with E-state index < -0.39 is 0 Å². The average Bonchev–Trinajstić information content (AvgIpc) is 2.26. The number of unbranched alkanes of at least 4 members (excludes halogenated alkanes) is 1. The summed E-state index contributed by atoms with van der Waals surface area (Å²) in [6, 6.07) is 12.2. The van der Waals surface area contributed by atoms with Crippen LogP contribution in [0.5, 0.6) is 0 Å². The molecule has 0 heterocycles. The van der Waals surface area contributed by atoms with Crippen molar-refractivity contribution in [3.8, 4) is 0 Å². The predicted octanol–water partition coefficient (Wildman–Crippen LogP) is 3.30. The van der Waals surface area contributed by atoms with Crippen LogP contribution >= 0.6 is 0 Å². The molecule has 0 amide bonds. The number of benzene rings is 1. The third kappa shape index (κ3) is 3.50. The second kappa shape index (κ2) is 6.60. The zero-order valence-electron chi connectivity index (χ0n) is 9.08. The molecule has 0 bridgehead atoms. The van der Waals surface area contributed by atoms with Gasteiger partial charge in [-0.05, 0) is 11.1 Å². The summed E-state index contributed by atoms with van der Waals surface area (Å²) in [5.74, 6) is 0. The molecule has 14 heavy (non-hydrogen) atoms. The molecule has 1 atom stereocenters. The Morgan fingerprint density at radius 1 is 1.36 bits per heavy atom. The van der Waals surface area contributed by atoms with Gasteiger partial charge in [-0.3, -0.25) is 0 Å². The predicted molar refractivity (Wildman–Crippen MR) is 67.6 cm³/mol. The van der Waals surface area contributed by atoms with E-state index in [0.29, 0.717) is 5.54 Å². The van der Waals surface area contributed by atoms with Crippen molar-refractivity contribution in [2.75, 3.05) is 0 Å². The Hall–Kier alpha value is -0.823. The van der Waals surface area contributed by atoms with Gasteiger partial charge >= 0.3 is 0 Å². The average molecular weight is 204 g/mol. The highest BCUT2D eigenvalue weighted by atomic mass is 28.2. The standard InChI is InChI=1S/C13H20Si/c1-3-5-11-14-13(4-2)12-9-7-6-8-10-12/h4,6-10,13H,2-3,5,11,14H2,1H3. The lowest BCUT2D eigenvalue weighted by Gasteiger charge is -2.11. The molecule has 0 saturated heterocycles. The minimum atomic E-state index is -0.00205. The van der Waals surface area contributed by atoms with E-state index in [1.54, 1.807) is 0 Å². The van der Waals surface area contributed by atoms with Gasteiger partial charge in [0.25, 0.3) is 0 Å². The van der Waals surface area contributed by atoms with Crippen LogP contribution in [0.15, 0.2) is 43.0 Å². The molecule has 0 aliphatic rings. The van der Waals surface area contributed by atoms with Gasteiger partial charge in [0.2, 0.25) is 0 Å². The summed E-state index contributed by atoms with van der Waals surface area (Å²) in [7, 11) is -0.00205. The molecule has 1 aromatic carbocycles. The van der Waals surface area contributed by atoms with Gasteiger partial charge in [0, 0.05) is 9.52 Å². The van der Waals surface area contributed by atoms with Gasteiger partial charge in [-0.1, -0.05) is 62.2 Å². The normalized spacial score (nSPS) is 13.2. The molecular weight excluding hydrogens is 184 g/mol. The Bertz CT molecular complexity index is 253. The molecule has 0 spiro atoms. The summed E-state index contributed by atoms with van der Waals surface area (Å²) in [6.45, 7) is 6.21. The lowest BCUT2D eigenvalue weighted by molar-refractivity contribution is 0.873. The molecule has 0 N–H and O–H groups in total. The Kier molecular flexibility index (Phi) is 5.31. The van der Waals surface area contributed by atoms with Gasteiger partial charge in [0.05, 0.1) is 0 Å². The minimum Gasteiger partial charge on any atom is -0.103 e. The van der Waals surface area contributed by atoms with Gasteiger partial charge in [-0.15, -0.1) is 6.58 Å². The van der Waals surface area contributed by atoms with Crippen molar-refractivity contribution in [2.24, 2.45) is 0 Å². The molecule has 76 valence electrons. The van der Waals surface area contributed by atoms with Crippen LogP contribution in [0, 0.1) is 0 Å². The van der Waals surface area contributed by atoms with Crippen LogP contribution in [0.1, 0.15) is 30.9 Å². The molecular formula is C13H20Si. The summed E-state index contributed by atoms with van der Waals surface area (Å²) < 4.78 is 0. The van der Waals surface area contributed by atoms with E-state index in [1.807, 2.05) is 0 Å². The number of rotatable bonds is 6. The largest absolute Gasteiger partial charge is 0.103 e. The first-order valence-corrected chi connectivity index (χ1v) is 7.37. The third-order valence-corrected chi connectivity index (χ3v) is 4.97. The Morgan fingerprint density at radius 3 is 2.64 bits per heavy atom. The maximum absolute atomic E-state index is 3.95. The maximum atomic E-state index is 3.95. The molecule has 0 saturated carbocycles. The number of hydrogen-bond acceptors (Lipinski definition) is 0. The van der Waals surface area contributed by atoms with Gasteiger partial charge < -0.3 is 0 Å². The van der Waals surface area contributed by atoms with E-state index in [-0.39, 0.29) is 9.52 Å². The molecule has 0 aromatic heterocycles. The van der Waals surface area contributed by atoms with Crippen molar-refractivity contribution in [1.82, 2.24) is 0 Å². The van der Waals surface area contributed by atoms with Gasteiger partial charge in [-0.2, -0.15) is 0 Å².